The fraction of sp³-hybridized carbons (Fsp3) is 0.182. The van der Waals surface area contributed by atoms with E-state index in [0.717, 1.165) is 10.9 Å². The topological polar surface area (TPSA) is 52.5 Å². The van der Waals surface area contributed by atoms with E-state index in [4.69, 9.17) is 9.68 Å². The van der Waals surface area contributed by atoms with Crippen LogP contribution in [0, 0.1) is 0 Å². The van der Waals surface area contributed by atoms with E-state index >= 15 is 0 Å². The standard InChI is InChI=1S/C11H12N2O3/c1-2-15-12-11(14)16-13-8-7-9-5-3-4-6-10(9)13/h3-8H,2H2,1H3,(H,12,14). The van der Waals surface area contributed by atoms with Gasteiger partial charge in [-0.15, -0.1) is 0 Å². The Labute approximate surface area is 92.5 Å². The molecular formula is C11H12N2O3. The smallest absolute Gasteiger partial charge is 0.316 e. The van der Waals surface area contributed by atoms with E-state index in [2.05, 4.69) is 5.48 Å². The van der Waals surface area contributed by atoms with E-state index in [-0.39, 0.29) is 0 Å². The molecule has 5 nitrogen and oxygen atoms in total. The minimum atomic E-state index is -0.650. The highest BCUT2D eigenvalue weighted by Crippen LogP contribution is 2.13. The Hall–Kier alpha value is -2.01. The molecule has 0 atom stereocenters. The monoisotopic (exact) mass is 220 g/mol. The second-order valence-electron chi connectivity index (χ2n) is 3.11. The summed E-state index contributed by atoms with van der Waals surface area (Å²) < 4.78 is 1.39. The van der Waals surface area contributed by atoms with E-state index in [1.807, 2.05) is 30.3 Å². The number of nitrogens with one attached hydrogen (secondary N) is 1. The summed E-state index contributed by atoms with van der Waals surface area (Å²) in [6, 6.07) is 9.47. The molecule has 1 amide bonds. The molecule has 2 rings (SSSR count). The van der Waals surface area contributed by atoms with Gasteiger partial charge in [0.15, 0.2) is 0 Å². The first-order chi connectivity index (χ1) is 7.81. The van der Waals surface area contributed by atoms with Gasteiger partial charge >= 0.3 is 6.09 Å². The Morgan fingerprint density at radius 1 is 1.38 bits per heavy atom. The Morgan fingerprint density at radius 3 is 3.00 bits per heavy atom. The van der Waals surface area contributed by atoms with Gasteiger partial charge in [0.1, 0.15) is 0 Å². The summed E-state index contributed by atoms with van der Waals surface area (Å²) in [4.78, 5) is 21.0. The predicted molar refractivity (Wildman–Crippen MR) is 58.7 cm³/mol. The predicted octanol–water partition coefficient (Wildman–Crippen LogP) is 1.73. The van der Waals surface area contributed by atoms with Crippen LogP contribution in [0.4, 0.5) is 4.79 Å². The summed E-state index contributed by atoms with van der Waals surface area (Å²) in [5, 5.41) is 1.01. The number of fused-ring (bicyclic) bond motifs is 1. The molecule has 0 bridgehead atoms. The van der Waals surface area contributed by atoms with Crippen molar-refractivity contribution in [1.29, 1.82) is 0 Å². The summed E-state index contributed by atoms with van der Waals surface area (Å²) >= 11 is 0. The molecule has 0 fully saturated rings. The average Bonchev–Trinajstić information content (AvgIpc) is 2.70. The maximum atomic E-state index is 11.2. The lowest BCUT2D eigenvalue weighted by Gasteiger charge is -2.06. The second-order valence-corrected chi connectivity index (χ2v) is 3.11. The van der Waals surface area contributed by atoms with Crippen molar-refractivity contribution in [2.75, 3.05) is 6.61 Å². The van der Waals surface area contributed by atoms with Crippen molar-refractivity contribution in [1.82, 2.24) is 10.2 Å². The highest BCUT2D eigenvalue weighted by atomic mass is 16.8. The molecule has 0 unspecified atom stereocenters. The van der Waals surface area contributed by atoms with Crippen LogP contribution in [0.5, 0.6) is 0 Å². The van der Waals surface area contributed by atoms with Crippen molar-refractivity contribution in [2.45, 2.75) is 6.92 Å². The Bertz CT molecular complexity index is 493. The number of para-hydroxylation sites is 1. The highest BCUT2D eigenvalue weighted by Gasteiger charge is 2.06. The molecule has 84 valence electrons. The number of hydrogen-bond donors (Lipinski definition) is 1. The first-order valence-electron chi connectivity index (χ1n) is 4.97. The van der Waals surface area contributed by atoms with Crippen LogP contribution in [0.3, 0.4) is 0 Å². The van der Waals surface area contributed by atoms with Crippen LogP contribution in [0.1, 0.15) is 6.92 Å². The number of benzene rings is 1. The largest absolute Gasteiger partial charge is 0.456 e. The van der Waals surface area contributed by atoms with Gasteiger partial charge in [0.2, 0.25) is 0 Å². The lowest BCUT2D eigenvalue weighted by molar-refractivity contribution is 0.0327. The zero-order chi connectivity index (χ0) is 11.4. The van der Waals surface area contributed by atoms with Crippen LogP contribution in [0.25, 0.3) is 10.9 Å². The molecule has 0 aliphatic carbocycles. The fourth-order valence-corrected chi connectivity index (χ4v) is 1.38. The number of hydrogen-bond acceptors (Lipinski definition) is 3. The van der Waals surface area contributed by atoms with Gasteiger partial charge in [-0.1, -0.05) is 18.2 Å². The lowest BCUT2D eigenvalue weighted by atomic mass is 10.3. The second kappa shape index (κ2) is 4.67. The number of nitrogens with zero attached hydrogens (tertiary/aromatic N) is 1. The van der Waals surface area contributed by atoms with Gasteiger partial charge in [-0.05, 0) is 19.1 Å². The number of hydroxylamine groups is 1. The molecule has 1 aromatic carbocycles. The van der Waals surface area contributed by atoms with Crippen LogP contribution in [-0.4, -0.2) is 17.4 Å². The average molecular weight is 220 g/mol. The molecule has 0 spiro atoms. The zero-order valence-corrected chi connectivity index (χ0v) is 8.84. The molecule has 5 heteroatoms. The molecule has 1 N–H and O–H groups in total. The zero-order valence-electron chi connectivity index (χ0n) is 8.84. The highest BCUT2D eigenvalue weighted by molar-refractivity contribution is 5.80. The van der Waals surface area contributed by atoms with Crippen molar-refractivity contribution in [3.05, 3.63) is 36.5 Å². The van der Waals surface area contributed by atoms with Crippen molar-refractivity contribution < 1.29 is 14.5 Å². The van der Waals surface area contributed by atoms with E-state index in [1.54, 1.807) is 13.1 Å². The molecule has 1 aromatic heterocycles. The number of carbonyl (C=O) groups is 1. The molecule has 16 heavy (non-hydrogen) atoms. The Kier molecular flexibility index (Phi) is 3.07. The summed E-state index contributed by atoms with van der Waals surface area (Å²) in [5.41, 5.74) is 2.98. The lowest BCUT2D eigenvalue weighted by Crippen LogP contribution is -2.31. The summed E-state index contributed by atoms with van der Waals surface area (Å²) in [6.45, 7) is 2.16. The third-order valence-corrected chi connectivity index (χ3v) is 2.04. The quantitative estimate of drug-likeness (QED) is 0.801. The molecule has 0 aliphatic heterocycles. The molecule has 0 saturated carbocycles. The summed E-state index contributed by atoms with van der Waals surface area (Å²) in [6.07, 6.45) is 1.03. The molecular weight excluding hydrogens is 208 g/mol. The van der Waals surface area contributed by atoms with Gasteiger partial charge in [0, 0.05) is 11.6 Å². The van der Waals surface area contributed by atoms with Gasteiger partial charge in [0.05, 0.1) is 12.1 Å². The minimum absolute atomic E-state index is 0.390. The Balaban J connectivity index is 2.12. The number of carbonyl (C=O) groups excluding carboxylic acids is 1. The molecule has 1 heterocycles. The van der Waals surface area contributed by atoms with Gasteiger partial charge in [-0.3, -0.25) is 4.84 Å². The van der Waals surface area contributed by atoms with Crippen molar-refractivity contribution in [2.24, 2.45) is 0 Å². The van der Waals surface area contributed by atoms with E-state index in [9.17, 15) is 4.79 Å². The van der Waals surface area contributed by atoms with Crippen molar-refractivity contribution in [3.8, 4) is 0 Å². The number of amides is 1. The third kappa shape index (κ3) is 2.14. The van der Waals surface area contributed by atoms with Crippen molar-refractivity contribution >= 4 is 17.0 Å². The normalized spacial score (nSPS) is 10.3. The van der Waals surface area contributed by atoms with E-state index < -0.39 is 6.09 Å². The first-order valence-corrected chi connectivity index (χ1v) is 4.97. The van der Waals surface area contributed by atoms with Crippen LogP contribution in [0.2, 0.25) is 0 Å². The van der Waals surface area contributed by atoms with Crippen LogP contribution >= 0.6 is 0 Å². The van der Waals surface area contributed by atoms with Gasteiger partial charge in [0.25, 0.3) is 0 Å². The van der Waals surface area contributed by atoms with Crippen molar-refractivity contribution in [3.63, 3.8) is 0 Å². The Morgan fingerprint density at radius 2 is 2.19 bits per heavy atom. The van der Waals surface area contributed by atoms with Gasteiger partial charge in [-0.2, -0.15) is 10.2 Å². The first kappa shape index (κ1) is 10.5. The molecule has 0 saturated heterocycles. The van der Waals surface area contributed by atoms with Gasteiger partial charge in [-0.25, -0.2) is 4.79 Å². The third-order valence-electron chi connectivity index (χ3n) is 2.04. The van der Waals surface area contributed by atoms with E-state index in [0.29, 0.717) is 6.61 Å². The fourth-order valence-electron chi connectivity index (χ4n) is 1.38. The molecule has 2 aromatic rings. The van der Waals surface area contributed by atoms with Crippen LogP contribution in [0.15, 0.2) is 36.5 Å². The number of rotatable bonds is 3. The summed E-state index contributed by atoms with van der Waals surface area (Å²) in [7, 11) is 0. The van der Waals surface area contributed by atoms with E-state index in [1.165, 1.54) is 4.73 Å². The molecule has 0 radical (unpaired) electrons. The van der Waals surface area contributed by atoms with Gasteiger partial charge < -0.3 is 4.84 Å². The SMILES string of the molecule is CCONC(=O)On1ccc2ccccc21. The maximum Gasteiger partial charge on any atom is 0.456 e. The minimum Gasteiger partial charge on any atom is -0.316 e. The van der Waals surface area contributed by atoms with Crippen LogP contribution < -0.4 is 10.3 Å². The van der Waals surface area contributed by atoms with Crippen LogP contribution in [-0.2, 0) is 4.84 Å². The maximum absolute atomic E-state index is 11.2. The summed E-state index contributed by atoms with van der Waals surface area (Å²) in [5.74, 6) is 0. The molecule has 0 aliphatic rings. The number of aromatic nitrogens is 1.